The summed E-state index contributed by atoms with van der Waals surface area (Å²) in [6.07, 6.45) is 2.44. The first kappa shape index (κ1) is 13.0. The first-order valence-electron chi connectivity index (χ1n) is 5.71. The predicted molar refractivity (Wildman–Crippen MR) is 60.9 cm³/mol. The summed E-state index contributed by atoms with van der Waals surface area (Å²) in [5, 5.41) is 15.6. The van der Waals surface area contributed by atoms with Gasteiger partial charge in [0.1, 0.15) is 12.6 Å². The van der Waals surface area contributed by atoms with Crippen LogP contribution < -0.4 is 5.73 Å². The fourth-order valence-corrected chi connectivity index (χ4v) is 2.06. The summed E-state index contributed by atoms with van der Waals surface area (Å²) in [6.45, 7) is 0.303. The summed E-state index contributed by atoms with van der Waals surface area (Å²) in [4.78, 5) is 35.2. The smallest absolute Gasteiger partial charge is 0.358 e. The highest BCUT2D eigenvalue weighted by Crippen LogP contribution is 2.17. The molecule has 2 heterocycles. The van der Waals surface area contributed by atoms with E-state index < -0.39 is 17.9 Å². The van der Waals surface area contributed by atoms with Crippen molar-refractivity contribution in [2.45, 2.75) is 25.4 Å². The minimum absolute atomic E-state index is 0.163. The van der Waals surface area contributed by atoms with Gasteiger partial charge in [-0.05, 0) is 12.8 Å². The van der Waals surface area contributed by atoms with Crippen LogP contribution >= 0.6 is 0 Å². The molecule has 19 heavy (non-hydrogen) atoms. The van der Waals surface area contributed by atoms with E-state index in [1.807, 2.05) is 0 Å². The third-order valence-electron chi connectivity index (χ3n) is 2.96. The summed E-state index contributed by atoms with van der Waals surface area (Å²) < 4.78 is 1.13. The van der Waals surface area contributed by atoms with Crippen LogP contribution in [0.1, 0.15) is 23.3 Å². The van der Waals surface area contributed by atoms with E-state index in [1.165, 1.54) is 4.90 Å². The molecule has 1 fully saturated rings. The van der Waals surface area contributed by atoms with Crippen molar-refractivity contribution in [2.24, 2.45) is 5.73 Å². The largest absolute Gasteiger partial charge is 0.476 e. The maximum Gasteiger partial charge on any atom is 0.358 e. The van der Waals surface area contributed by atoms with Crippen molar-refractivity contribution in [2.75, 3.05) is 6.54 Å². The van der Waals surface area contributed by atoms with E-state index >= 15 is 0 Å². The number of carboxylic acids is 1. The number of carbonyl (C=O) groups excluding carboxylic acids is 2. The van der Waals surface area contributed by atoms with Gasteiger partial charge in [0.15, 0.2) is 5.69 Å². The zero-order chi connectivity index (χ0) is 14.0. The van der Waals surface area contributed by atoms with Gasteiger partial charge in [0.2, 0.25) is 11.8 Å². The highest BCUT2D eigenvalue weighted by Gasteiger charge is 2.32. The average molecular weight is 267 g/mol. The molecule has 2 amide bonds. The molecule has 1 aliphatic heterocycles. The van der Waals surface area contributed by atoms with Crippen LogP contribution in [0.15, 0.2) is 6.20 Å². The van der Waals surface area contributed by atoms with Crippen LogP contribution in [0.3, 0.4) is 0 Å². The molecule has 0 saturated carbocycles. The van der Waals surface area contributed by atoms with Crippen LogP contribution in [0.5, 0.6) is 0 Å². The van der Waals surface area contributed by atoms with E-state index in [9.17, 15) is 14.4 Å². The van der Waals surface area contributed by atoms with Crippen molar-refractivity contribution in [1.29, 1.82) is 0 Å². The van der Waals surface area contributed by atoms with Crippen LogP contribution in [0.2, 0.25) is 0 Å². The number of carbonyl (C=O) groups is 3. The van der Waals surface area contributed by atoms with Crippen molar-refractivity contribution in [1.82, 2.24) is 19.9 Å². The van der Waals surface area contributed by atoms with E-state index in [-0.39, 0.29) is 18.1 Å². The molecule has 1 aliphatic rings. The summed E-state index contributed by atoms with van der Waals surface area (Å²) in [7, 11) is 0. The number of hydrogen-bond acceptors (Lipinski definition) is 5. The fourth-order valence-electron chi connectivity index (χ4n) is 2.06. The predicted octanol–water partition coefficient (Wildman–Crippen LogP) is -1.55. The summed E-state index contributed by atoms with van der Waals surface area (Å²) in [5.41, 5.74) is 4.98. The Hall–Kier alpha value is -2.45. The van der Waals surface area contributed by atoms with Crippen LogP contribution in [0.25, 0.3) is 0 Å². The molecule has 3 N–H and O–H groups in total. The van der Waals surface area contributed by atoms with E-state index in [1.54, 1.807) is 0 Å². The second kappa shape index (κ2) is 5.04. The molecule has 0 bridgehead atoms. The lowest BCUT2D eigenvalue weighted by Crippen LogP contribution is -2.45. The number of carboxylic acid groups (broad SMARTS) is 1. The summed E-state index contributed by atoms with van der Waals surface area (Å²) in [5.74, 6) is -2.08. The molecule has 1 saturated heterocycles. The molecule has 1 aromatic rings. The van der Waals surface area contributed by atoms with Gasteiger partial charge in [0, 0.05) is 6.54 Å². The number of nitrogens with two attached hydrogens (primary N) is 1. The SMILES string of the molecule is NC(=O)C1CCCN1C(=O)Cn1cc(C(=O)O)nn1. The molecule has 0 radical (unpaired) electrons. The zero-order valence-corrected chi connectivity index (χ0v) is 10.0. The molecule has 0 aromatic carbocycles. The molecule has 1 atom stereocenters. The second-order valence-corrected chi connectivity index (χ2v) is 4.25. The highest BCUT2D eigenvalue weighted by molar-refractivity contribution is 5.87. The van der Waals surface area contributed by atoms with Gasteiger partial charge in [-0.25, -0.2) is 9.48 Å². The Morgan fingerprint density at radius 2 is 2.21 bits per heavy atom. The number of aromatic nitrogens is 3. The van der Waals surface area contributed by atoms with Crippen molar-refractivity contribution < 1.29 is 19.5 Å². The Kier molecular flexibility index (Phi) is 3.45. The normalized spacial score (nSPS) is 18.5. The van der Waals surface area contributed by atoms with Crippen LogP contribution in [0, 0.1) is 0 Å². The molecular formula is C10H13N5O4. The molecular weight excluding hydrogens is 254 g/mol. The van der Waals surface area contributed by atoms with Crippen molar-refractivity contribution in [3.63, 3.8) is 0 Å². The molecule has 102 valence electrons. The molecule has 0 spiro atoms. The lowest BCUT2D eigenvalue weighted by atomic mass is 10.2. The van der Waals surface area contributed by atoms with Crippen LogP contribution in [0.4, 0.5) is 0 Å². The first-order valence-corrected chi connectivity index (χ1v) is 5.71. The molecule has 0 aliphatic carbocycles. The summed E-state index contributed by atoms with van der Waals surface area (Å²) >= 11 is 0. The minimum atomic E-state index is -1.21. The van der Waals surface area contributed by atoms with Crippen molar-refractivity contribution in [3.8, 4) is 0 Å². The third-order valence-corrected chi connectivity index (χ3v) is 2.96. The van der Waals surface area contributed by atoms with Crippen LogP contribution in [-0.4, -0.2) is 55.4 Å². The Bertz CT molecular complexity index is 526. The topological polar surface area (TPSA) is 131 Å². The number of primary amides is 1. The molecule has 9 nitrogen and oxygen atoms in total. The number of likely N-dealkylation sites (tertiary alicyclic amines) is 1. The van der Waals surface area contributed by atoms with Crippen molar-refractivity contribution >= 4 is 17.8 Å². The lowest BCUT2D eigenvalue weighted by molar-refractivity contribution is -0.137. The van der Waals surface area contributed by atoms with Gasteiger partial charge in [-0.15, -0.1) is 5.10 Å². The first-order chi connectivity index (χ1) is 8.99. The van der Waals surface area contributed by atoms with E-state index in [0.29, 0.717) is 13.0 Å². The molecule has 2 rings (SSSR count). The Morgan fingerprint density at radius 3 is 2.79 bits per heavy atom. The second-order valence-electron chi connectivity index (χ2n) is 4.25. The van der Waals surface area contributed by atoms with Gasteiger partial charge < -0.3 is 15.7 Å². The zero-order valence-electron chi connectivity index (χ0n) is 10.0. The Balaban J connectivity index is 2.04. The Labute approximate surface area is 108 Å². The van der Waals surface area contributed by atoms with Gasteiger partial charge in [0.05, 0.1) is 6.20 Å². The third kappa shape index (κ3) is 2.69. The highest BCUT2D eigenvalue weighted by atomic mass is 16.4. The van der Waals surface area contributed by atoms with Gasteiger partial charge in [-0.2, -0.15) is 0 Å². The molecule has 9 heteroatoms. The number of rotatable bonds is 4. The maximum absolute atomic E-state index is 12.0. The summed E-state index contributed by atoms with van der Waals surface area (Å²) in [6, 6.07) is -0.588. The standard InChI is InChI=1S/C10H13N5O4/c11-9(17)7-2-1-3-15(7)8(16)5-14-4-6(10(18)19)12-13-14/h4,7H,1-3,5H2,(H2,11,17)(H,18,19). The number of amides is 2. The maximum atomic E-state index is 12.0. The average Bonchev–Trinajstić information content (AvgIpc) is 2.96. The molecule has 1 unspecified atom stereocenters. The van der Waals surface area contributed by atoms with Crippen molar-refractivity contribution in [3.05, 3.63) is 11.9 Å². The van der Waals surface area contributed by atoms with E-state index in [4.69, 9.17) is 10.8 Å². The van der Waals surface area contributed by atoms with Gasteiger partial charge in [-0.3, -0.25) is 9.59 Å². The monoisotopic (exact) mass is 267 g/mol. The minimum Gasteiger partial charge on any atom is -0.476 e. The number of nitrogens with zero attached hydrogens (tertiary/aromatic N) is 4. The van der Waals surface area contributed by atoms with E-state index in [0.717, 1.165) is 17.3 Å². The van der Waals surface area contributed by atoms with Gasteiger partial charge in [-0.1, -0.05) is 5.21 Å². The number of aromatic carboxylic acids is 1. The van der Waals surface area contributed by atoms with Crippen LogP contribution in [-0.2, 0) is 16.1 Å². The Morgan fingerprint density at radius 1 is 1.47 bits per heavy atom. The fraction of sp³-hybridized carbons (Fsp3) is 0.500. The number of hydrogen-bond donors (Lipinski definition) is 2. The van der Waals surface area contributed by atoms with Gasteiger partial charge in [0.25, 0.3) is 0 Å². The van der Waals surface area contributed by atoms with E-state index in [2.05, 4.69) is 10.3 Å². The quantitative estimate of drug-likeness (QED) is 0.679. The lowest BCUT2D eigenvalue weighted by Gasteiger charge is -2.21. The molecule has 1 aromatic heterocycles. The van der Waals surface area contributed by atoms with Gasteiger partial charge >= 0.3 is 5.97 Å².